The second-order valence-electron chi connectivity index (χ2n) is 12.8. The van der Waals surface area contributed by atoms with Gasteiger partial charge in [-0.05, 0) is 70.3 Å². The highest BCUT2D eigenvalue weighted by molar-refractivity contribution is 5.80. The van der Waals surface area contributed by atoms with E-state index in [1.54, 1.807) is 0 Å². The summed E-state index contributed by atoms with van der Waals surface area (Å²) in [6.45, 7) is 4.17. The molecule has 6 heteroatoms. The number of aliphatic carboxylic acids is 1. The van der Waals surface area contributed by atoms with Gasteiger partial charge in [0.15, 0.2) is 0 Å². The van der Waals surface area contributed by atoms with E-state index in [2.05, 4.69) is 55.6 Å². The molecule has 0 radical (unpaired) electrons. The van der Waals surface area contributed by atoms with Gasteiger partial charge in [-0.25, -0.2) is 0 Å². The number of hydrogen-bond donors (Lipinski definition) is 2. The highest BCUT2D eigenvalue weighted by atomic mass is 16.5. The van der Waals surface area contributed by atoms with Crippen molar-refractivity contribution in [2.75, 3.05) is 6.54 Å². The van der Waals surface area contributed by atoms with E-state index in [1.807, 2.05) is 0 Å². The van der Waals surface area contributed by atoms with Crippen molar-refractivity contribution < 1.29 is 24.2 Å². The van der Waals surface area contributed by atoms with E-state index in [-0.39, 0.29) is 24.5 Å². The first-order valence-electron chi connectivity index (χ1n) is 19.1. The Kier molecular flexibility index (Phi) is 33.7. The summed E-state index contributed by atoms with van der Waals surface area (Å²) in [4.78, 5) is 34.8. The summed E-state index contributed by atoms with van der Waals surface area (Å²) in [5.74, 6) is -1.28. The molecule has 0 aliphatic rings. The minimum Gasteiger partial charge on any atom is -0.480 e. The molecule has 0 aromatic heterocycles. The van der Waals surface area contributed by atoms with Crippen LogP contribution in [0.2, 0.25) is 0 Å². The number of nitrogens with one attached hydrogen (secondary N) is 1. The molecule has 1 atom stereocenters. The second kappa shape index (κ2) is 35.5. The maximum atomic E-state index is 12.6. The summed E-state index contributed by atoms with van der Waals surface area (Å²) in [6.07, 6.45) is 42.7. The van der Waals surface area contributed by atoms with E-state index < -0.39 is 5.97 Å². The predicted octanol–water partition coefficient (Wildman–Crippen LogP) is 11.3. The lowest BCUT2D eigenvalue weighted by atomic mass is 10.0. The molecule has 1 unspecified atom stereocenters. The van der Waals surface area contributed by atoms with Crippen LogP contribution in [-0.2, 0) is 19.1 Å². The van der Waals surface area contributed by atoms with Gasteiger partial charge in [-0.15, -0.1) is 0 Å². The molecule has 1 amide bonds. The highest BCUT2D eigenvalue weighted by Crippen LogP contribution is 2.16. The summed E-state index contributed by atoms with van der Waals surface area (Å²) >= 11 is 0. The largest absolute Gasteiger partial charge is 0.480 e. The standard InChI is InChI=1S/C40H71NO5/c1-3-5-7-9-11-13-14-15-16-17-19-21-27-31-35-40(45)46-37(32-28-24-20-18-12-10-8-6-4-2)33-29-25-22-23-26-30-34-38(42)41-36-39(43)44/h9,11,14-15,28,32,37H,3-8,10,12-13,16-27,29-31,33-36H2,1-2H3,(H,41,42)(H,43,44)/b11-9-,15-14-,32-28-. The molecule has 0 aromatic rings. The number of unbranched alkanes of at least 4 members (excludes halogenated alkanes) is 19. The van der Waals surface area contributed by atoms with Crippen molar-refractivity contribution in [3.05, 3.63) is 36.5 Å². The highest BCUT2D eigenvalue weighted by Gasteiger charge is 2.11. The summed E-state index contributed by atoms with van der Waals surface area (Å²) in [5.41, 5.74) is 0. The molecule has 0 rings (SSSR count). The molecule has 0 aromatic carbocycles. The summed E-state index contributed by atoms with van der Waals surface area (Å²) in [7, 11) is 0. The maximum Gasteiger partial charge on any atom is 0.322 e. The fourth-order valence-electron chi connectivity index (χ4n) is 5.38. The van der Waals surface area contributed by atoms with Crippen LogP contribution in [0, 0.1) is 0 Å². The van der Waals surface area contributed by atoms with Gasteiger partial charge in [0, 0.05) is 12.8 Å². The molecule has 0 heterocycles. The number of esters is 1. The van der Waals surface area contributed by atoms with Crippen molar-refractivity contribution in [1.29, 1.82) is 0 Å². The lowest BCUT2D eigenvalue weighted by Crippen LogP contribution is -2.28. The average Bonchev–Trinajstić information content (AvgIpc) is 3.04. The number of ether oxygens (including phenoxy) is 1. The molecule has 0 saturated heterocycles. The Hall–Kier alpha value is -2.37. The number of amides is 1. The van der Waals surface area contributed by atoms with E-state index in [4.69, 9.17) is 9.84 Å². The Morgan fingerprint density at radius 3 is 1.70 bits per heavy atom. The third kappa shape index (κ3) is 34.5. The van der Waals surface area contributed by atoms with Gasteiger partial charge >= 0.3 is 11.9 Å². The van der Waals surface area contributed by atoms with Crippen molar-refractivity contribution in [2.24, 2.45) is 0 Å². The number of allylic oxidation sites excluding steroid dienone is 5. The third-order valence-electron chi connectivity index (χ3n) is 8.27. The normalized spacial score (nSPS) is 12.4. The number of carbonyl (C=O) groups excluding carboxylic acids is 2. The molecule has 46 heavy (non-hydrogen) atoms. The van der Waals surface area contributed by atoms with E-state index in [0.717, 1.165) is 77.0 Å². The number of hydrogen-bond acceptors (Lipinski definition) is 4. The van der Waals surface area contributed by atoms with Crippen LogP contribution in [0.25, 0.3) is 0 Å². The molecule has 0 saturated carbocycles. The Labute approximate surface area is 283 Å². The molecule has 0 spiro atoms. The maximum absolute atomic E-state index is 12.6. The molecule has 6 nitrogen and oxygen atoms in total. The van der Waals surface area contributed by atoms with Gasteiger partial charge in [-0.1, -0.05) is 141 Å². The van der Waals surface area contributed by atoms with Crippen molar-refractivity contribution >= 4 is 17.8 Å². The first-order chi connectivity index (χ1) is 22.5. The predicted molar refractivity (Wildman–Crippen MR) is 194 cm³/mol. The molecular formula is C40H71NO5. The van der Waals surface area contributed by atoms with Crippen molar-refractivity contribution in [3.63, 3.8) is 0 Å². The molecule has 0 fully saturated rings. The minimum absolute atomic E-state index is 0.0679. The summed E-state index contributed by atoms with van der Waals surface area (Å²) in [6, 6.07) is 0. The number of carboxylic acid groups (broad SMARTS) is 1. The topological polar surface area (TPSA) is 92.7 Å². The van der Waals surface area contributed by atoms with Crippen LogP contribution in [-0.4, -0.2) is 35.6 Å². The van der Waals surface area contributed by atoms with Gasteiger partial charge in [-0.2, -0.15) is 0 Å². The van der Waals surface area contributed by atoms with Crippen LogP contribution in [0.3, 0.4) is 0 Å². The third-order valence-corrected chi connectivity index (χ3v) is 8.27. The lowest BCUT2D eigenvalue weighted by Gasteiger charge is -2.15. The van der Waals surface area contributed by atoms with Gasteiger partial charge < -0.3 is 15.2 Å². The smallest absolute Gasteiger partial charge is 0.322 e. The Bertz CT molecular complexity index is 803. The van der Waals surface area contributed by atoms with Gasteiger partial charge in [0.2, 0.25) is 5.91 Å². The van der Waals surface area contributed by atoms with Gasteiger partial charge in [-0.3, -0.25) is 14.4 Å². The molecule has 0 bridgehead atoms. The minimum atomic E-state index is -1.02. The van der Waals surface area contributed by atoms with Crippen LogP contribution < -0.4 is 5.32 Å². The van der Waals surface area contributed by atoms with E-state index in [0.29, 0.717) is 12.8 Å². The quantitative estimate of drug-likeness (QED) is 0.0412. The zero-order valence-electron chi connectivity index (χ0n) is 29.9. The average molecular weight is 646 g/mol. The van der Waals surface area contributed by atoms with Gasteiger partial charge in [0.05, 0.1) is 0 Å². The molecule has 0 aliphatic carbocycles. The Balaban J connectivity index is 4.22. The monoisotopic (exact) mass is 646 g/mol. The van der Waals surface area contributed by atoms with Crippen LogP contribution in [0.4, 0.5) is 0 Å². The molecule has 2 N–H and O–H groups in total. The SMILES string of the molecule is CCCC/C=C\C/C=C\CCCCCCCC(=O)OC(/C=C\CCCCCCCCC)CCCCCCCCC(=O)NCC(=O)O. The van der Waals surface area contributed by atoms with Gasteiger partial charge in [0.1, 0.15) is 12.6 Å². The van der Waals surface area contributed by atoms with Gasteiger partial charge in [0.25, 0.3) is 0 Å². The number of carbonyl (C=O) groups is 3. The summed E-state index contributed by atoms with van der Waals surface area (Å²) in [5, 5.41) is 11.0. The number of rotatable bonds is 34. The zero-order chi connectivity index (χ0) is 33.8. The first kappa shape index (κ1) is 43.6. The fourth-order valence-corrected chi connectivity index (χ4v) is 5.38. The van der Waals surface area contributed by atoms with E-state index in [1.165, 1.54) is 83.5 Å². The van der Waals surface area contributed by atoms with E-state index >= 15 is 0 Å². The molecular weight excluding hydrogens is 574 g/mol. The van der Waals surface area contributed by atoms with E-state index in [9.17, 15) is 14.4 Å². The van der Waals surface area contributed by atoms with Crippen LogP contribution in [0.5, 0.6) is 0 Å². The van der Waals surface area contributed by atoms with Crippen LogP contribution >= 0.6 is 0 Å². The lowest BCUT2D eigenvalue weighted by molar-refractivity contribution is -0.147. The van der Waals surface area contributed by atoms with Crippen LogP contribution in [0.1, 0.15) is 187 Å². The Morgan fingerprint density at radius 2 is 1.09 bits per heavy atom. The van der Waals surface area contributed by atoms with Crippen molar-refractivity contribution in [1.82, 2.24) is 5.32 Å². The number of carboxylic acids is 1. The first-order valence-corrected chi connectivity index (χ1v) is 19.1. The Morgan fingerprint density at radius 1 is 0.587 bits per heavy atom. The molecule has 0 aliphatic heterocycles. The fraction of sp³-hybridized carbons (Fsp3) is 0.775. The summed E-state index contributed by atoms with van der Waals surface area (Å²) < 4.78 is 5.92. The second-order valence-corrected chi connectivity index (χ2v) is 12.8. The molecule has 266 valence electrons. The van der Waals surface area contributed by atoms with Crippen LogP contribution in [0.15, 0.2) is 36.5 Å². The van der Waals surface area contributed by atoms with Crippen molar-refractivity contribution in [2.45, 2.75) is 193 Å². The van der Waals surface area contributed by atoms with Crippen molar-refractivity contribution in [3.8, 4) is 0 Å². The zero-order valence-corrected chi connectivity index (χ0v) is 29.9.